The van der Waals surface area contributed by atoms with Crippen LogP contribution in [0.25, 0.3) is 0 Å². The minimum atomic E-state index is 0.308. The van der Waals surface area contributed by atoms with Gasteiger partial charge in [0.1, 0.15) is 5.76 Å². The van der Waals surface area contributed by atoms with Crippen molar-refractivity contribution in [3.8, 4) is 0 Å². The second-order valence-electron chi connectivity index (χ2n) is 1.42. The third kappa shape index (κ3) is 3.43. The molecule has 2 heteroatoms. The molecule has 46 valence electrons. The summed E-state index contributed by atoms with van der Waals surface area (Å²) in [4.78, 5) is 0. The van der Waals surface area contributed by atoms with E-state index in [1.165, 1.54) is 0 Å². The van der Waals surface area contributed by atoms with E-state index in [9.17, 15) is 0 Å². The Balaban J connectivity index is 3.44. The molecule has 0 aliphatic heterocycles. The Morgan fingerprint density at radius 2 is 2.50 bits per heavy atom. The Morgan fingerprint density at radius 3 is 2.88 bits per heavy atom. The van der Waals surface area contributed by atoms with Crippen molar-refractivity contribution in [2.45, 2.75) is 0 Å². The number of hydrogen-bond donors (Lipinski definition) is 2. The van der Waals surface area contributed by atoms with Gasteiger partial charge < -0.3 is 10.4 Å². The molecule has 2 N–H and O–H groups in total. The summed E-state index contributed by atoms with van der Waals surface area (Å²) in [6.07, 6.45) is 3.10. The summed E-state index contributed by atoms with van der Waals surface area (Å²) < 4.78 is 0. The fraction of sp³-hybridized carbons (Fsp3) is 0.333. The molecule has 0 radical (unpaired) electrons. The van der Waals surface area contributed by atoms with Crippen molar-refractivity contribution in [1.29, 1.82) is 0 Å². The molecule has 0 saturated carbocycles. The third-order valence-corrected chi connectivity index (χ3v) is 0.668. The first kappa shape index (κ1) is 7.24. The fourth-order valence-corrected chi connectivity index (χ4v) is 0.376. The molecule has 0 aliphatic carbocycles. The molecule has 0 amide bonds. The first-order chi connectivity index (χ1) is 3.81. The number of likely N-dealkylation sites (N-methyl/N-ethyl adjacent to an activating group) is 1. The van der Waals surface area contributed by atoms with Gasteiger partial charge in [-0.25, -0.2) is 0 Å². The lowest BCUT2D eigenvalue weighted by Gasteiger charge is -1.93. The van der Waals surface area contributed by atoms with Crippen molar-refractivity contribution in [2.24, 2.45) is 0 Å². The first-order valence-corrected chi connectivity index (χ1v) is 2.46. The minimum absolute atomic E-state index is 0.308. The Kier molecular flexibility index (Phi) is 3.98. The second-order valence-corrected chi connectivity index (χ2v) is 1.42. The smallest absolute Gasteiger partial charge is 0.106 e. The van der Waals surface area contributed by atoms with Gasteiger partial charge in [0.05, 0.1) is 6.54 Å². The van der Waals surface area contributed by atoms with E-state index in [4.69, 9.17) is 5.11 Å². The molecule has 0 aromatic carbocycles. The maximum atomic E-state index is 8.78. The molecule has 0 fully saturated rings. The van der Waals surface area contributed by atoms with Crippen molar-refractivity contribution in [1.82, 2.24) is 5.32 Å². The molecule has 2 nitrogen and oxygen atoms in total. The van der Waals surface area contributed by atoms with E-state index in [0.29, 0.717) is 12.3 Å². The normalized spacial score (nSPS) is 11.4. The van der Waals surface area contributed by atoms with Gasteiger partial charge in [-0.15, -0.1) is 0 Å². The van der Waals surface area contributed by atoms with Crippen molar-refractivity contribution >= 4 is 0 Å². The van der Waals surface area contributed by atoms with Crippen LogP contribution in [-0.2, 0) is 0 Å². The molecule has 0 atom stereocenters. The average molecular weight is 113 g/mol. The first-order valence-electron chi connectivity index (χ1n) is 2.46. The van der Waals surface area contributed by atoms with Crippen LogP contribution in [0.5, 0.6) is 0 Å². The highest BCUT2D eigenvalue weighted by molar-refractivity contribution is 5.03. The van der Waals surface area contributed by atoms with E-state index < -0.39 is 0 Å². The minimum Gasteiger partial charge on any atom is -0.511 e. The predicted octanol–water partition coefficient (Wildman–Crippen LogP) is 0.834. The zero-order valence-electron chi connectivity index (χ0n) is 5.02. The standard InChI is InChI=1S/C6H11NO/c1-3-4-6(8)5-7-2/h3-4,7-8H,1,5H2,2H3/b6-4-. The Hall–Kier alpha value is -0.760. The molecule has 0 spiro atoms. The molecule has 0 aromatic rings. The second kappa shape index (κ2) is 4.40. The van der Waals surface area contributed by atoms with Gasteiger partial charge in [0.2, 0.25) is 0 Å². The van der Waals surface area contributed by atoms with Crippen molar-refractivity contribution in [3.05, 3.63) is 24.5 Å². The van der Waals surface area contributed by atoms with Gasteiger partial charge in [-0.2, -0.15) is 0 Å². The Morgan fingerprint density at radius 1 is 1.88 bits per heavy atom. The van der Waals surface area contributed by atoms with E-state index >= 15 is 0 Å². The van der Waals surface area contributed by atoms with Crippen molar-refractivity contribution in [2.75, 3.05) is 13.6 Å². The molecule has 0 rings (SSSR count). The van der Waals surface area contributed by atoms with Gasteiger partial charge in [-0.1, -0.05) is 12.7 Å². The molecular weight excluding hydrogens is 102 g/mol. The zero-order valence-corrected chi connectivity index (χ0v) is 5.02. The van der Waals surface area contributed by atoms with Crippen LogP contribution in [0.15, 0.2) is 24.5 Å². The topological polar surface area (TPSA) is 32.3 Å². The van der Waals surface area contributed by atoms with Gasteiger partial charge in [-0.05, 0) is 13.1 Å². The number of aliphatic hydroxyl groups is 1. The number of nitrogens with one attached hydrogen (secondary N) is 1. The number of rotatable bonds is 3. The van der Waals surface area contributed by atoms with E-state index in [1.54, 1.807) is 19.2 Å². The summed E-state index contributed by atoms with van der Waals surface area (Å²) in [6.45, 7) is 3.92. The lowest BCUT2D eigenvalue weighted by atomic mass is 10.4. The monoisotopic (exact) mass is 113 g/mol. The number of aliphatic hydroxyl groups excluding tert-OH is 1. The summed E-state index contributed by atoms with van der Waals surface area (Å²) in [7, 11) is 1.77. The van der Waals surface area contributed by atoms with Crippen molar-refractivity contribution < 1.29 is 5.11 Å². The van der Waals surface area contributed by atoms with Gasteiger partial charge in [-0.3, -0.25) is 0 Å². The van der Waals surface area contributed by atoms with Crippen LogP contribution in [0.1, 0.15) is 0 Å². The van der Waals surface area contributed by atoms with Crippen LogP contribution in [0, 0.1) is 0 Å². The van der Waals surface area contributed by atoms with E-state index in [2.05, 4.69) is 11.9 Å². The molecular formula is C6H11NO. The predicted molar refractivity (Wildman–Crippen MR) is 34.8 cm³/mol. The lowest BCUT2D eigenvalue weighted by molar-refractivity contribution is 0.394. The summed E-state index contributed by atoms with van der Waals surface area (Å²) in [6, 6.07) is 0. The summed E-state index contributed by atoms with van der Waals surface area (Å²) in [5, 5.41) is 11.6. The molecule has 0 aliphatic rings. The van der Waals surface area contributed by atoms with Gasteiger partial charge in [0, 0.05) is 0 Å². The zero-order chi connectivity index (χ0) is 6.41. The maximum absolute atomic E-state index is 8.78. The van der Waals surface area contributed by atoms with E-state index in [1.807, 2.05) is 0 Å². The number of allylic oxidation sites excluding steroid dienone is 2. The van der Waals surface area contributed by atoms with Crippen LogP contribution >= 0.6 is 0 Å². The SMILES string of the molecule is C=C/C=C(\O)CNC. The highest BCUT2D eigenvalue weighted by Crippen LogP contribution is 1.82. The number of hydrogen-bond acceptors (Lipinski definition) is 2. The fourth-order valence-electron chi connectivity index (χ4n) is 0.376. The van der Waals surface area contributed by atoms with Crippen LogP contribution in [0.3, 0.4) is 0 Å². The van der Waals surface area contributed by atoms with Gasteiger partial charge in [0.15, 0.2) is 0 Å². The summed E-state index contributed by atoms with van der Waals surface area (Å²) >= 11 is 0. The third-order valence-electron chi connectivity index (χ3n) is 0.668. The van der Waals surface area contributed by atoms with Crippen LogP contribution < -0.4 is 5.32 Å². The van der Waals surface area contributed by atoms with Crippen LogP contribution in [0.4, 0.5) is 0 Å². The van der Waals surface area contributed by atoms with Gasteiger partial charge >= 0.3 is 0 Å². The lowest BCUT2D eigenvalue weighted by Crippen LogP contribution is -2.09. The average Bonchev–Trinajstić information content (AvgIpc) is 1.68. The summed E-state index contributed by atoms with van der Waals surface area (Å²) in [5.74, 6) is 0.308. The molecule has 8 heavy (non-hydrogen) atoms. The molecule has 0 bridgehead atoms. The van der Waals surface area contributed by atoms with Crippen molar-refractivity contribution in [3.63, 3.8) is 0 Å². The molecule has 0 aromatic heterocycles. The molecule has 0 unspecified atom stereocenters. The summed E-state index contributed by atoms with van der Waals surface area (Å²) in [5.41, 5.74) is 0. The Bertz CT molecular complexity index is 96.7. The molecule has 0 saturated heterocycles. The van der Waals surface area contributed by atoms with Gasteiger partial charge in [0.25, 0.3) is 0 Å². The maximum Gasteiger partial charge on any atom is 0.106 e. The van der Waals surface area contributed by atoms with Crippen LogP contribution in [0.2, 0.25) is 0 Å². The van der Waals surface area contributed by atoms with Crippen LogP contribution in [-0.4, -0.2) is 18.7 Å². The highest BCUT2D eigenvalue weighted by atomic mass is 16.3. The quantitative estimate of drug-likeness (QED) is 0.420. The van der Waals surface area contributed by atoms with E-state index in [0.717, 1.165) is 0 Å². The largest absolute Gasteiger partial charge is 0.511 e. The Labute approximate surface area is 49.5 Å². The molecule has 0 heterocycles. The highest BCUT2D eigenvalue weighted by Gasteiger charge is 1.82. The van der Waals surface area contributed by atoms with E-state index in [-0.39, 0.29) is 0 Å².